The van der Waals surface area contributed by atoms with E-state index in [4.69, 9.17) is 4.52 Å². The third kappa shape index (κ3) is 16.1. The number of hydrogen-bond acceptors (Lipinski definition) is 3. The monoisotopic (exact) mass is 305 g/mol. The van der Waals surface area contributed by atoms with Gasteiger partial charge in [-0.2, -0.15) is 0 Å². The first-order chi connectivity index (χ1) is 9.81. The second-order valence-corrected chi connectivity index (χ2v) is 6.55. The van der Waals surface area contributed by atoms with Crippen LogP contribution < -0.4 is 0 Å². The maximum Gasteiger partial charge on any atom is 0.697 e. The number of rotatable bonds is 16. The molecule has 0 saturated carbocycles. The highest BCUT2D eigenvalue weighted by molar-refractivity contribution is 7.33. The Hall–Kier alpha value is 0.0200. The highest BCUT2D eigenvalue weighted by Crippen LogP contribution is 2.22. The molecule has 0 aliphatic heterocycles. The van der Waals surface area contributed by atoms with E-state index in [-0.39, 0.29) is 0 Å². The zero-order valence-electron chi connectivity index (χ0n) is 13.6. The average molecular weight is 305 g/mol. The summed E-state index contributed by atoms with van der Waals surface area (Å²) >= 11 is 0. The highest BCUT2D eigenvalue weighted by Gasteiger charge is 2.15. The van der Waals surface area contributed by atoms with Gasteiger partial charge in [0.15, 0.2) is 0 Å². The molecule has 4 heteroatoms. The third-order valence-corrected chi connectivity index (χ3v) is 4.29. The standard InChI is InChI=1S/C16H34O3P/c1-3-4-5-6-7-8-9-10-11-12-13-14-15-16-19-20(17)18-2/h3-16H2,1-2H3/q+1. The number of hydrogen-bond donors (Lipinski definition) is 0. The summed E-state index contributed by atoms with van der Waals surface area (Å²) in [7, 11) is -0.464. The molecule has 0 bridgehead atoms. The van der Waals surface area contributed by atoms with Crippen molar-refractivity contribution in [1.82, 2.24) is 0 Å². The Bertz CT molecular complexity index is 210. The van der Waals surface area contributed by atoms with Crippen molar-refractivity contribution >= 4 is 8.25 Å². The normalized spacial score (nSPS) is 11.8. The lowest BCUT2D eigenvalue weighted by Crippen LogP contribution is -1.88. The molecular formula is C16H34O3P+. The lowest BCUT2D eigenvalue weighted by Gasteiger charge is -2.02. The Morgan fingerprint density at radius 3 is 1.50 bits per heavy atom. The second kappa shape index (κ2) is 17.1. The van der Waals surface area contributed by atoms with E-state index in [0.717, 1.165) is 6.42 Å². The van der Waals surface area contributed by atoms with E-state index >= 15 is 0 Å². The molecule has 0 saturated heterocycles. The van der Waals surface area contributed by atoms with Crippen LogP contribution in [-0.2, 0) is 13.6 Å². The fourth-order valence-electron chi connectivity index (χ4n) is 2.31. The van der Waals surface area contributed by atoms with Crippen LogP contribution in [0.4, 0.5) is 0 Å². The van der Waals surface area contributed by atoms with Crippen LogP contribution in [0.2, 0.25) is 0 Å². The summed E-state index contributed by atoms with van der Waals surface area (Å²) < 4.78 is 20.4. The van der Waals surface area contributed by atoms with Gasteiger partial charge in [-0.15, -0.1) is 9.05 Å². The van der Waals surface area contributed by atoms with E-state index in [0.29, 0.717) is 6.61 Å². The largest absolute Gasteiger partial charge is 0.697 e. The molecule has 0 spiro atoms. The summed E-state index contributed by atoms with van der Waals surface area (Å²) in [4.78, 5) is 0. The SMILES string of the molecule is CCCCCCCCCCCCCCCO[P+](=O)OC. The Labute approximate surface area is 126 Å². The first-order valence-corrected chi connectivity index (χ1v) is 9.55. The minimum Gasteiger partial charge on any atom is -0.122 e. The van der Waals surface area contributed by atoms with Gasteiger partial charge < -0.3 is 0 Å². The highest BCUT2D eigenvalue weighted by atomic mass is 31.1. The zero-order valence-corrected chi connectivity index (χ0v) is 14.5. The summed E-state index contributed by atoms with van der Waals surface area (Å²) in [6.07, 6.45) is 17.4. The molecule has 1 unspecified atom stereocenters. The summed E-state index contributed by atoms with van der Waals surface area (Å²) in [5.41, 5.74) is 0. The predicted octanol–water partition coefficient (Wildman–Crippen LogP) is 6.40. The quantitative estimate of drug-likeness (QED) is 0.244. The van der Waals surface area contributed by atoms with E-state index in [1.165, 1.54) is 84.2 Å². The molecule has 0 fully saturated rings. The Balaban J connectivity index is 2.97. The molecule has 0 aliphatic carbocycles. The van der Waals surface area contributed by atoms with Crippen molar-refractivity contribution in [2.24, 2.45) is 0 Å². The van der Waals surface area contributed by atoms with Crippen molar-refractivity contribution in [1.29, 1.82) is 0 Å². The Morgan fingerprint density at radius 1 is 0.700 bits per heavy atom. The molecule has 0 amide bonds. The van der Waals surface area contributed by atoms with Crippen LogP contribution in [0.5, 0.6) is 0 Å². The van der Waals surface area contributed by atoms with Crippen molar-refractivity contribution < 1.29 is 13.6 Å². The fraction of sp³-hybridized carbons (Fsp3) is 1.00. The van der Waals surface area contributed by atoms with Crippen molar-refractivity contribution in [3.8, 4) is 0 Å². The maximum absolute atomic E-state index is 10.8. The fourth-order valence-corrected chi connectivity index (χ4v) is 2.70. The van der Waals surface area contributed by atoms with Crippen LogP contribution in [0, 0.1) is 0 Å². The molecule has 0 aliphatic rings. The first kappa shape index (κ1) is 20.0. The minimum absolute atomic E-state index is 0.556. The second-order valence-electron chi connectivity index (χ2n) is 5.48. The van der Waals surface area contributed by atoms with Gasteiger partial charge in [0, 0.05) is 4.57 Å². The molecule has 0 aromatic heterocycles. The third-order valence-electron chi connectivity index (χ3n) is 3.59. The Morgan fingerprint density at radius 2 is 1.10 bits per heavy atom. The Kier molecular flexibility index (Phi) is 17.1. The van der Waals surface area contributed by atoms with Gasteiger partial charge in [0.2, 0.25) is 0 Å². The van der Waals surface area contributed by atoms with Crippen LogP contribution in [0.25, 0.3) is 0 Å². The van der Waals surface area contributed by atoms with Crippen molar-refractivity contribution in [2.75, 3.05) is 13.7 Å². The summed E-state index contributed by atoms with van der Waals surface area (Å²) in [6, 6.07) is 0. The lowest BCUT2D eigenvalue weighted by molar-refractivity contribution is 0.250. The van der Waals surface area contributed by atoms with Gasteiger partial charge in [0.25, 0.3) is 0 Å². The zero-order chi connectivity index (χ0) is 14.9. The van der Waals surface area contributed by atoms with Crippen LogP contribution in [0.15, 0.2) is 0 Å². The van der Waals surface area contributed by atoms with Gasteiger partial charge in [0.05, 0.1) is 7.11 Å². The van der Waals surface area contributed by atoms with Crippen molar-refractivity contribution in [3.63, 3.8) is 0 Å². The molecule has 1 atom stereocenters. The van der Waals surface area contributed by atoms with Crippen LogP contribution in [0.1, 0.15) is 90.4 Å². The smallest absolute Gasteiger partial charge is 0.122 e. The maximum atomic E-state index is 10.8. The molecular weight excluding hydrogens is 271 g/mol. The van der Waals surface area contributed by atoms with Gasteiger partial charge in [-0.05, 0) is 6.42 Å². The van der Waals surface area contributed by atoms with E-state index < -0.39 is 8.25 Å². The molecule has 0 aromatic carbocycles. The molecule has 0 heterocycles. The van der Waals surface area contributed by atoms with Gasteiger partial charge in [0.1, 0.15) is 6.61 Å². The summed E-state index contributed by atoms with van der Waals surface area (Å²) in [5.74, 6) is 0. The first-order valence-electron chi connectivity index (χ1n) is 8.45. The van der Waals surface area contributed by atoms with Gasteiger partial charge >= 0.3 is 8.25 Å². The van der Waals surface area contributed by atoms with Crippen LogP contribution in [0.3, 0.4) is 0 Å². The van der Waals surface area contributed by atoms with E-state index in [1.54, 1.807) is 0 Å². The van der Waals surface area contributed by atoms with E-state index in [1.807, 2.05) is 0 Å². The molecule has 20 heavy (non-hydrogen) atoms. The van der Waals surface area contributed by atoms with Crippen molar-refractivity contribution in [3.05, 3.63) is 0 Å². The molecule has 120 valence electrons. The van der Waals surface area contributed by atoms with Crippen molar-refractivity contribution in [2.45, 2.75) is 90.4 Å². The topological polar surface area (TPSA) is 35.5 Å². The molecule has 0 rings (SSSR count). The molecule has 0 aromatic rings. The summed E-state index contributed by atoms with van der Waals surface area (Å²) in [5, 5.41) is 0. The minimum atomic E-state index is -1.87. The number of unbranched alkanes of at least 4 members (excludes halogenated alkanes) is 12. The van der Waals surface area contributed by atoms with Gasteiger partial charge in [-0.1, -0.05) is 84.0 Å². The van der Waals surface area contributed by atoms with E-state index in [9.17, 15) is 4.57 Å². The average Bonchev–Trinajstić information content (AvgIpc) is 2.47. The molecule has 0 N–H and O–H groups in total. The van der Waals surface area contributed by atoms with Crippen LogP contribution in [-0.4, -0.2) is 13.7 Å². The van der Waals surface area contributed by atoms with E-state index in [2.05, 4.69) is 11.4 Å². The molecule has 3 nitrogen and oxygen atoms in total. The van der Waals surface area contributed by atoms with Gasteiger partial charge in [-0.25, -0.2) is 0 Å². The van der Waals surface area contributed by atoms with Crippen LogP contribution >= 0.6 is 8.25 Å². The predicted molar refractivity (Wildman–Crippen MR) is 86.3 cm³/mol. The lowest BCUT2D eigenvalue weighted by atomic mass is 10.0. The molecule has 0 radical (unpaired) electrons. The van der Waals surface area contributed by atoms with Gasteiger partial charge in [-0.3, -0.25) is 0 Å². The summed E-state index contributed by atoms with van der Waals surface area (Å²) in [6.45, 7) is 2.82.